The maximum Gasteiger partial charge on any atom is 0.316 e. The van der Waals surface area contributed by atoms with Crippen LogP contribution in [-0.4, -0.2) is 47.4 Å². The van der Waals surface area contributed by atoms with E-state index in [-0.39, 0.29) is 6.10 Å². The Balaban J connectivity index is 1.15. The van der Waals surface area contributed by atoms with Gasteiger partial charge in [0.25, 0.3) is 0 Å². The smallest absolute Gasteiger partial charge is 0.316 e. The number of unbranched alkanes of at least 4 members (excludes halogenated alkanes) is 15. The van der Waals surface area contributed by atoms with Gasteiger partial charge in [-0.05, 0) is 29.2 Å². The summed E-state index contributed by atoms with van der Waals surface area (Å²) in [5.74, 6) is 1.57. The van der Waals surface area contributed by atoms with Crippen molar-refractivity contribution < 1.29 is 14.2 Å². The fourth-order valence-electron chi connectivity index (χ4n) is 6.82. The van der Waals surface area contributed by atoms with Crippen LogP contribution in [-0.2, 0) is 15.1 Å². The SMILES string of the molecule is CCCCCCCCCCCCCCCCCCOCC(CSCCOC(c1ccccc1)(c1ccccc1)c1ccccc1)Oc1ncccn1. The highest BCUT2D eigenvalue weighted by atomic mass is 32.2. The fourth-order valence-corrected chi connectivity index (χ4v) is 7.61. The van der Waals surface area contributed by atoms with Gasteiger partial charge in [-0.1, -0.05) is 194 Å². The standard InChI is InChI=1S/C46H64N2O3S/c1-2-3-4-5-6-7-8-9-10-11-12-13-14-15-16-26-36-49-39-44(51-45-47-34-27-35-48-45)40-52-38-37-50-46(41-28-20-17-21-29-41,42-30-22-18-23-31-42)43-32-24-19-25-33-43/h17-25,27-35,44H,2-16,26,36-40H2,1H3. The molecule has 0 aliphatic rings. The molecule has 0 spiro atoms. The predicted molar refractivity (Wildman–Crippen MR) is 219 cm³/mol. The zero-order valence-electron chi connectivity index (χ0n) is 31.8. The van der Waals surface area contributed by atoms with E-state index in [1.807, 2.05) is 11.8 Å². The van der Waals surface area contributed by atoms with Crippen molar-refractivity contribution in [2.75, 3.05) is 31.3 Å². The van der Waals surface area contributed by atoms with Crippen molar-refractivity contribution in [3.05, 3.63) is 126 Å². The van der Waals surface area contributed by atoms with Crippen LogP contribution in [0.4, 0.5) is 0 Å². The zero-order valence-corrected chi connectivity index (χ0v) is 32.7. The molecule has 0 aliphatic heterocycles. The van der Waals surface area contributed by atoms with Gasteiger partial charge >= 0.3 is 6.01 Å². The molecule has 0 bridgehead atoms. The number of ether oxygens (including phenoxy) is 3. The van der Waals surface area contributed by atoms with Gasteiger partial charge in [0, 0.05) is 30.5 Å². The molecule has 4 aromatic rings. The van der Waals surface area contributed by atoms with Gasteiger partial charge < -0.3 is 14.2 Å². The van der Waals surface area contributed by atoms with E-state index >= 15 is 0 Å². The molecule has 0 saturated heterocycles. The minimum absolute atomic E-state index is 0.143. The molecule has 0 amide bonds. The van der Waals surface area contributed by atoms with Crippen LogP contribution in [0.25, 0.3) is 0 Å². The zero-order chi connectivity index (χ0) is 36.2. The molecular formula is C46H64N2O3S. The first kappa shape index (κ1) is 41.6. The summed E-state index contributed by atoms with van der Waals surface area (Å²) in [7, 11) is 0. The molecule has 1 heterocycles. The second-order valence-electron chi connectivity index (χ2n) is 13.9. The highest BCUT2D eigenvalue weighted by molar-refractivity contribution is 7.99. The van der Waals surface area contributed by atoms with E-state index < -0.39 is 5.60 Å². The molecule has 3 aromatic carbocycles. The minimum Gasteiger partial charge on any atom is -0.457 e. The van der Waals surface area contributed by atoms with Crippen LogP contribution in [0.15, 0.2) is 109 Å². The van der Waals surface area contributed by atoms with Crippen LogP contribution in [0.5, 0.6) is 6.01 Å². The Morgan fingerprint density at radius 3 is 1.44 bits per heavy atom. The molecule has 0 fully saturated rings. The normalized spacial score (nSPS) is 12.2. The molecule has 5 nitrogen and oxygen atoms in total. The fraction of sp³-hybridized carbons (Fsp3) is 0.522. The maximum absolute atomic E-state index is 6.97. The molecule has 6 heteroatoms. The lowest BCUT2D eigenvalue weighted by molar-refractivity contribution is 0.0232. The molecule has 0 saturated carbocycles. The number of benzene rings is 3. The van der Waals surface area contributed by atoms with E-state index in [9.17, 15) is 0 Å². The Hall–Kier alpha value is -3.19. The first-order valence-corrected chi connectivity index (χ1v) is 21.4. The van der Waals surface area contributed by atoms with Crippen LogP contribution < -0.4 is 4.74 Å². The van der Waals surface area contributed by atoms with E-state index in [0.29, 0.717) is 19.2 Å². The quantitative estimate of drug-likeness (QED) is 0.0394. The van der Waals surface area contributed by atoms with E-state index in [4.69, 9.17) is 14.2 Å². The van der Waals surface area contributed by atoms with Crippen LogP contribution in [0, 0.1) is 0 Å². The minimum atomic E-state index is -0.714. The molecule has 4 rings (SSSR count). The van der Waals surface area contributed by atoms with Gasteiger partial charge in [-0.3, -0.25) is 0 Å². The van der Waals surface area contributed by atoms with E-state index in [2.05, 4.69) is 108 Å². The molecule has 1 aromatic heterocycles. The van der Waals surface area contributed by atoms with Gasteiger partial charge in [-0.15, -0.1) is 0 Å². The topological polar surface area (TPSA) is 53.5 Å². The van der Waals surface area contributed by atoms with Crippen molar-refractivity contribution in [3.8, 4) is 6.01 Å². The average molecular weight is 725 g/mol. The number of hydrogen-bond donors (Lipinski definition) is 0. The molecule has 0 aliphatic carbocycles. The summed E-state index contributed by atoms with van der Waals surface area (Å²) in [4.78, 5) is 8.61. The summed E-state index contributed by atoms with van der Waals surface area (Å²) in [6, 6.07) is 33.8. The van der Waals surface area contributed by atoms with E-state index in [0.717, 1.165) is 41.2 Å². The van der Waals surface area contributed by atoms with Crippen molar-refractivity contribution >= 4 is 11.8 Å². The molecule has 52 heavy (non-hydrogen) atoms. The first-order valence-electron chi connectivity index (χ1n) is 20.2. The molecule has 0 radical (unpaired) electrons. The summed E-state index contributed by atoms with van der Waals surface area (Å²) in [5.41, 5.74) is 2.63. The van der Waals surface area contributed by atoms with Gasteiger partial charge in [0.1, 0.15) is 11.7 Å². The van der Waals surface area contributed by atoms with Crippen LogP contribution in [0.2, 0.25) is 0 Å². The van der Waals surface area contributed by atoms with Crippen molar-refractivity contribution in [1.29, 1.82) is 0 Å². The monoisotopic (exact) mass is 724 g/mol. The van der Waals surface area contributed by atoms with Crippen molar-refractivity contribution in [2.24, 2.45) is 0 Å². The first-order chi connectivity index (χ1) is 25.8. The maximum atomic E-state index is 6.97. The lowest BCUT2D eigenvalue weighted by Gasteiger charge is -2.36. The van der Waals surface area contributed by atoms with E-state index in [1.54, 1.807) is 18.5 Å². The second kappa shape index (κ2) is 26.6. The number of nitrogens with zero attached hydrogens (tertiary/aromatic N) is 2. The predicted octanol–water partition coefficient (Wildman–Crippen LogP) is 12.2. The molecule has 282 valence electrons. The number of aromatic nitrogens is 2. The Kier molecular flexibility index (Phi) is 21.2. The van der Waals surface area contributed by atoms with Gasteiger partial charge in [0.2, 0.25) is 0 Å². The third kappa shape index (κ3) is 15.4. The van der Waals surface area contributed by atoms with Crippen LogP contribution in [0.3, 0.4) is 0 Å². The van der Waals surface area contributed by atoms with Gasteiger partial charge in [0.15, 0.2) is 0 Å². The summed E-state index contributed by atoms with van der Waals surface area (Å²) < 4.78 is 19.3. The third-order valence-electron chi connectivity index (χ3n) is 9.65. The lowest BCUT2D eigenvalue weighted by atomic mass is 9.80. The Labute approximate surface area is 319 Å². The summed E-state index contributed by atoms with van der Waals surface area (Å²) in [5, 5.41) is 0. The van der Waals surface area contributed by atoms with Crippen LogP contribution >= 0.6 is 11.8 Å². The number of rotatable bonds is 30. The molecule has 1 unspecified atom stereocenters. The third-order valence-corrected chi connectivity index (χ3v) is 10.7. The number of thioether (sulfide) groups is 1. The Bertz CT molecular complexity index is 1300. The second-order valence-corrected chi connectivity index (χ2v) is 15.0. The lowest BCUT2D eigenvalue weighted by Crippen LogP contribution is -2.34. The number of hydrogen-bond acceptors (Lipinski definition) is 6. The Morgan fingerprint density at radius 2 is 0.981 bits per heavy atom. The van der Waals surface area contributed by atoms with Crippen molar-refractivity contribution in [3.63, 3.8) is 0 Å². The highest BCUT2D eigenvalue weighted by Crippen LogP contribution is 2.40. The Morgan fingerprint density at radius 1 is 0.538 bits per heavy atom. The van der Waals surface area contributed by atoms with Crippen molar-refractivity contribution in [2.45, 2.75) is 121 Å². The summed E-state index contributed by atoms with van der Waals surface area (Å²) >= 11 is 1.81. The molecular weight excluding hydrogens is 661 g/mol. The summed E-state index contributed by atoms with van der Waals surface area (Å²) in [6.07, 6.45) is 25.2. The largest absolute Gasteiger partial charge is 0.457 e. The van der Waals surface area contributed by atoms with Crippen molar-refractivity contribution in [1.82, 2.24) is 9.97 Å². The van der Waals surface area contributed by atoms with Gasteiger partial charge in [-0.25, -0.2) is 9.97 Å². The van der Waals surface area contributed by atoms with Gasteiger partial charge in [-0.2, -0.15) is 11.8 Å². The average Bonchev–Trinajstić information content (AvgIpc) is 3.20. The van der Waals surface area contributed by atoms with E-state index in [1.165, 1.54) is 96.3 Å². The molecule has 1 atom stereocenters. The van der Waals surface area contributed by atoms with Crippen LogP contribution in [0.1, 0.15) is 126 Å². The summed E-state index contributed by atoms with van der Waals surface area (Å²) in [6.45, 7) is 4.14. The molecule has 0 N–H and O–H groups in total. The highest BCUT2D eigenvalue weighted by Gasteiger charge is 2.37. The van der Waals surface area contributed by atoms with Gasteiger partial charge in [0.05, 0.1) is 13.2 Å².